The lowest BCUT2D eigenvalue weighted by Gasteiger charge is -2.26. The van der Waals surface area contributed by atoms with Gasteiger partial charge in [0.25, 0.3) is 0 Å². The van der Waals surface area contributed by atoms with Crippen molar-refractivity contribution < 1.29 is 4.74 Å². The fourth-order valence-electron chi connectivity index (χ4n) is 2.00. The lowest BCUT2D eigenvalue weighted by molar-refractivity contribution is 0.415. The molecule has 3 nitrogen and oxygen atoms in total. The molecule has 0 atom stereocenters. The molecule has 1 aromatic carbocycles. The van der Waals surface area contributed by atoms with Crippen LogP contribution in [0, 0.1) is 0 Å². The number of nitrogen functional groups attached to an aromatic ring is 1. The van der Waals surface area contributed by atoms with Crippen LogP contribution in [-0.2, 0) is 0 Å². The van der Waals surface area contributed by atoms with Crippen LogP contribution < -0.4 is 15.4 Å². The first kappa shape index (κ1) is 14.7. The molecular weight excluding hydrogens is 224 g/mol. The molecule has 0 heterocycles. The van der Waals surface area contributed by atoms with Gasteiger partial charge in [-0.05, 0) is 25.0 Å². The maximum absolute atomic E-state index is 6.12. The molecule has 0 unspecified atom stereocenters. The fourth-order valence-corrected chi connectivity index (χ4v) is 2.00. The summed E-state index contributed by atoms with van der Waals surface area (Å²) in [5, 5.41) is 0. The average molecular weight is 250 g/mol. The van der Waals surface area contributed by atoms with Gasteiger partial charge in [-0.3, -0.25) is 0 Å². The molecule has 0 fully saturated rings. The van der Waals surface area contributed by atoms with Crippen LogP contribution in [0.5, 0.6) is 5.75 Å². The number of hydrogen-bond acceptors (Lipinski definition) is 3. The molecule has 1 rings (SSSR count). The summed E-state index contributed by atoms with van der Waals surface area (Å²) in [7, 11) is 1.67. The minimum Gasteiger partial charge on any atom is -0.497 e. The van der Waals surface area contributed by atoms with Gasteiger partial charge in [-0.1, -0.05) is 26.7 Å². The largest absolute Gasteiger partial charge is 0.497 e. The summed E-state index contributed by atoms with van der Waals surface area (Å²) in [4.78, 5) is 2.39. The second kappa shape index (κ2) is 7.85. The van der Waals surface area contributed by atoms with Gasteiger partial charge < -0.3 is 15.4 Å². The summed E-state index contributed by atoms with van der Waals surface area (Å²) in [5.41, 5.74) is 8.06. The Kier molecular flexibility index (Phi) is 6.40. The molecule has 0 bridgehead atoms. The predicted molar refractivity (Wildman–Crippen MR) is 79.4 cm³/mol. The van der Waals surface area contributed by atoms with Gasteiger partial charge in [0.05, 0.1) is 18.5 Å². The standard InChI is InChI=1S/C15H26N2O/c1-4-6-10-17(11-7-5-2)15-9-8-13(18-3)12-14(15)16/h8-9,12H,4-7,10-11,16H2,1-3H3. The van der Waals surface area contributed by atoms with Crippen LogP contribution >= 0.6 is 0 Å². The highest BCUT2D eigenvalue weighted by Crippen LogP contribution is 2.28. The molecule has 0 aromatic heterocycles. The summed E-state index contributed by atoms with van der Waals surface area (Å²) < 4.78 is 5.19. The lowest BCUT2D eigenvalue weighted by Crippen LogP contribution is -2.26. The first-order chi connectivity index (χ1) is 8.72. The number of methoxy groups -OCH3 is 1. The second-order valence-electron chi connectivity index (χ2n) is 4.62. The molecule has 0 spiro atoms. The number of nitrogens with zero attached hydrogens (tertiary/aromatic N) is 1. The van der Waals surface area contributed by atoms with Crippen LogP contribution in [0.25, 0.3) is 0 Å². The van der Waals surface area contributed by atoms with E-state index in [-0.39, 0.29) is 0 Å². The molecule has 0 aliphatic heterocycles. The van der Waals surface area contributed by atoms with E-state index in [4.69, 9.17) is 10.5 Å². The van der Waals surface area contributed by atoms with Crippen molar-refractivity contribution in [3.63, 3.8) is 0 Å². The summed E-state index contributed by atoms with van der Waals surface area (Å²) in [6.45, 7) is 6.59. The van der Waals surface area contributed by atoms with Gasteiger partial charge in [-0.25, -0.2) is 0 Å². The minimum absolute atomic E-state index is 0.807. The van der Waals surface area contributed by atoms with E-state index in [2.05, 4.69) is 24.8 Å². The van der Waals surface area contributed by atoms with Crippen molar-refractivity contribution in [1.82, 2.24) is 0 Å². The molecule has 0 saturated carbocycles. The van der Waals surface area contributed by atoms with Crippen molar-refractivity contribution in [1.29, 1.82) is 0 Å². The van der Waals surface area contributed by atoms with Crippen molar-refractivity contribution in [2.45, 2.75) is 39.5 Å². The Bertz CT molecular complexity index is 344. The highest BCUT2D eigenvalue weighted by molar-refractivity contribution is 5.69. The zero-order valence-electron chi connectivity index (χ0n) is 11.9. The number of rotatable bonds is 8. The first-order valence-electron chi connectivity index (χ1n) is 6.91. The number of ether oxygens (including phenoxy) is 1. The Labute approximate surface area is 111 Å². The van der Waals surface area contributed by atoms with Crippen molar-refractivity contribution in [3.8, 4) is 5.75 Å². The zero-order chi connectivity index (χ0) is 13.4. The van der Waals surface area contributed by atoms with Gasteiger partial charge in [0.1, 0.15) is 5.75 Å². The van der Waals surface area contributed by atoms with E-state index in [0.29, 0.717) is 0 Å². The zero-order valence-corrected chi connectivity index (χ0v) is 11.9. The number of hydrogen-bond donors (Lipinski definition) is 1. The van der Waals surface area contributed by atoms with Gasteiger partial charge in [-0.2, -0.15) is 0 Å². The van der Waals surface area contributed by atoms with Gasteiger partial charge >= 0.3 is 0 Å². The Balaban J connectivity index is 2.82. The van der Waals surface area contributed by atoms with E-state index in [9.17, 15) is 0 Å². The molecular formula is C15H26N2O. The van der Waals surface area contributed by atoms with Crippen molar-refractivity contribution >= 4 is 11.4 Å². The average Bonchev–Trinajstić information content (AvgIpc) is 2.39. The van der Waals surface area contributed by atoms with Crippen LogP contribution in [-0.4, -0.2) is 20.2 Å². The van der Waals surface area contributed by atoms with Gasteiger partial charge in [0.2, 0.25) is 0 Å². The third kappa shape index (κ3) is 4.13. The molecule has 102 valence electrons. The van der Waals surface area contributed by atoms with Gasteiger partial charge in [-0.15, -0.1) is 0 Å². The van der Waals surface area contributed by atoms with E-state index in [1.165, 1.54) is 25.7 Å². The van der Waals surface area contributed by atoms with Crippen LogP contribution in [0.4, 0.5) is 11.4 Å². The maximum atomic E-state index is 6.12. The van der Waals surface area contributed by atoms with E-state index < -0.39 is 0 Å². The van der Waals surface area contributed by atoms with E-state index in [0.717, 1.165) is 30.2 Å². The third-order valence-corrected chi connectivity index (χ3v) is 3.14. The summed E-state index contributed by atoms with van der Waals surface area (Å²) in [5.74, 6) is 0.821. The third-order valence-electron chi connectivity index (χ3n) is 3.14. The summed E-state index contributed by atoms with van der Waals surface area (Å²) >= 11 is 0. The number of benzene rings is 1. The highest BCUT2D eigenvalue weighted by atomic mass is 16.5. The second-order valence-corrected chi connectivity index (χ2v) is 4.62. The smallest absolute Gasteiger partial charge is 0.121 e. The number of anilines is 2. The van der Waals surface area contributed by atoms with Crippen molar-refractivity contribution in [3.05, 3.63) is 18.2 Å². The molecule has 0 amide bonds. The Morgan fingerprint density at radius 1 is 1.11 bits per heavy atom. The van der Waals surface area contributed by atoms with E-state index in [1.807, 2.05) is 12.1 Å². The molecule has 18 heavy (non-hydrogen) atoms. The SMILES string of the molecule is CCCCN(CCCC)c1ccc(OC)cc1N. The number of nitrogens with two attached hydrogens (primary N) is 1. The molecule has 0 aliphatic carbocycles. The lowest BCUT2D eigenvalue weighted by atomic mass is 10.2. The van der Waals surface area contributed by atoms with Crippen LogP contribution in [0.1, 0.15) is 39.5 Å². The molecule has 2 N–H and O–H groups in total. The van der Waals surface area contributed by atoms with Crippen molar-refractivity contribution in [2.24, 2.45) is 0 Å². The molecule has 0 saturated heterocycles. The van der Waals surface area contributed by atoms with E-state index in [1.54, 1.807) is 7.11 Å². The maximum Gasteiger partial charge on any atom is 0.121 e. The fraction of sp³-hybridized carbons (Fsp3) is 0.600. The highest BCUT2D eigenvalue weighted by Gasteiger charge is 2.09. The molecule has 0 radical (unpaired) electrons. The molecule has 3 heteroatoms. The monoisotopic (exact) mass is 250 g/mol. The Morgan fingerprint density at radius 2 is 1.72 bits per heavy atom. The van der Waals surface area contributed by atoms with Crippen molar-refractivity contribution in [2.75, 3.05) is 30.8 Å². The molecule has 0 aliphatic rings. The number of unbranched alkanes of at least 4 members (excludes halogenated alkanes) is 2. The predicted octanol–water partition coefficient (Wildman–Crippen LogP) is 3.68. The Morgan fingerprint density at radius 3 is 2.17 bits per heavy atom. The van der Waals surface area contributed by atoms with Crippen LogP contribution in [0.3, 0.4) is 0 Å². The van der Waals surface area contributed by atoms with Crippen LogP contribution in [0.2, 0.25) is 0 Å². The summed E-state index contributed by atoms with van der Waals surface area (Å²) in [6.07, 6.45) is 4.82. The topological polar surface area (TPSA) is 38.5 Å². The quantitative estimate of drug-likeness (QED) is 0.715. The van der Waals surface area contributed by atoms with Gasteiger partial charge in [0, 0.05) is 19.2 Å². The van der Waals surface area contributed by atoms with Gasteiger partial charge in [0.15, 0.2) is 0 Å². The normalized spacial score (nSPS) is 10.4. The first-order valence-corrected chi connectivity index (χ1v) is 6.91. The molecule has 1 aromatic rings. The Hall–Kier alpha value is -1.38. The summed E-state index contributed by atoms with van der Waals surface area (Å²) in [6, 6.07) is 5.95. The van der Waals surface area contributed by atoms with Crippen LogP contribution in [0.15, 0.2) is 18.2 Å². The van der Waals surface area contributed by atoms with E-state index >= 15 is 0 Å². The minimum atomic E-state index is 0.807.